The summed E-state index contributed by atoms with van der Waals surface area (Å²) in [6.07, 6.45) is 0. The van der Waals surface area contributed by atoms with Crippen LogP contribution in [0.3, 0.4) is 0 Å². The summed E-state index contributed by atoms with van der Waals surface area (Å²) in [5.74, 6) is 0.238. The molecule has 1 N–H and O–H groups in total. The maximum absolute atomic E-state index is 12.2. The highest BCUT2D eigenvalue weighted by molar-refractivity contribution is 5.77. The number of nitrogens with zero attached hydrogens (tertiary/aromatic N) is 1. The molecule has 0 aliphatic heterocycles. The molecule has 4 nitrogen and oxygen atoms in total. The van der Waals surface area contributed by atoms with Gasteiger partial charge in [-0.15, -0.1) is 0 Å². The largest absolute Gasteiger partial charge is 0.360 e. The Hall–Kier alpha value is -2.62. The van der Waals surface area contributed by atoms with Crippen molar-refractivity contribution in [2.45, 2.75) is 6.54 Å². The fourth-order valence-electron chi connectivity index (χ4n) is 1.89. The second-order valence-corrected chi connectivity index (χ2v) is 4.20. The molecule has 0 spiro atoms. The van der Waals surface area contributed by atoms with Gasteiger partial charge >= 0.3 is 0 Å². The first kappa shape index (κ1) is 11.5. The predicted molar refractivity (Wildman–Crippen MR) is 74.0 cm³/mol. The average molecular weight is 252 g/mol. The molecule has 0 amide bonds. The zero-order valence-corrected chi connectivity index (χ0v) is 10.2. The summed E-state index contributed by atoms with van der Waals surface area (Å²) in [6.45, 7) is 0.539. The van der Waals surface area contributed by atoms with Crippen molar-refractivity contribution in [2.24, 2.45) is 0 Å². The van der Waals surface area contributed by atoms with E-state index in [1.54, 1.807) is 18.2 Å². The van der Waals surface area contributed by atoms with Crippen LogP contribution in [0, 0.1) is 0 Å². The first-order valence-corrected chi connectivity index (χ1v) is 6.01. The molecule has 0 radical (unpaired) electrons. The molecule has 1 aromatic heterocycles. The highest BCUT2D eigenvalue weighted by atomic mass is 16.5. The van der Waals surface area contributed by atoms with Gasteiger partial charge in [0.05, 0.1) is 5.39 Å². The van der Waals surface area contributed by atoms with Gasteiger partial charge in [-0.05, 0) is 17.7 Å². The molecule has 0 unspecified atom stereocenters. The summed E-state index contributed by atoms with van der Waals surface area (Å²) in [4.78, 5) is 12.2. The van der Waals surface area contributed by atoms with Crippen LogP contribution in [-0.2, 0) is 6.54 Å². The number of rotatable bonds is 3. The molecule has 0 fully saturated rings. The van der Waals surface area contributed by atoms with Crippen molar-refractivity contribution in [2.75, 3.05) is 5.32 Å². The minimum atomic E-state index is -0.141. The molecule has 4 heteroatoms. The van der Waals surface area contributed by atoms with Crippen molar-refractivity contribution >= 4 is 16.8 Å². The number of fused-ring (bicyclic) bond motifs is 1. The van der Waals surface area contributed by atoms with Crippen molar-refractivity contribution in [1.29, 1.82) is 0 Å². The second kappa shape index (κ2) is 4.94. The SMILES string of the molecule is O=c1c(NCc2ccccc2)noc2ccccc12. The molecule has 0 aliphatic carbocycles. The third-order valence-corrected chi connectivity index (χ3v) is 2.88. The Labute approximate surface area is 109 Å². The Morgan fingerprint density at radius 1 is 1.00 bits per heavy atom. The van der Waals surface area contributed by atoms with Crippen LogP contribution in [0.4, 0.5) is 5.82 Å². The monoisotopic (exact) mass is 252 g/mol. The van der Waals surface area contributed by atoms with Gasteiger partial charge < -0.3 is 9.84 Å². The molecule has 0 saturated carbocycles. The Morgan fingerprint density at radius 3 is 2.58 bits per heavy atom. The van der Waals surface area contributed by atoms with E-state index < -0.39 is 0 Å². The Morgan fingerprint density at radius 2 is 1.74 bits per heavy atom. The predicted octanol–water partition coefficient (Wildman–Crippen LogP) is 2.80. The van der Waals surface area contributed by atoms with Gasteiger partial charge in [-0.3, -0.25) is 4.79 Å². The molecule has 94 valence electrons. The molecule has 3 aromatic rings. The molecular formula is C15H12N2O2. The quantitative estimate of drug-likeness (QED) is 0.778. The highest BCUT2D eigenvalue weighted by Gasteiger charge is 2.07. The fraction of sp³-hybridized carbons (Fsp3) is 0.0667. The minimum absolute atomic E-state index is 0.141. The summed E-state index contributed by atoms with van der Waals surface area (Å²) < 4.78 is 5.20. The van der Waals surface area contributed by atoms with Crippen molar-refractivity contribution in [3.8, 4) is 0 Å². The van der Waals surface area contributed by atoms with Crippen LogP contribution < -0.4 is 10.7 Å². The molecule has 2 aromatic carbocycles. The number of para-hydroxylation sites is 1. The van der Waals surface area contributed by atoms with E-state index in [9.17, 15) is 4.79 Å². The van der Waals surface area contributed by atoms with Gasteiger partial charge in [0, 0.05) is 6.54 Å². The molecule has 19 heavy (non-hydrogen) atoms. The van der Waals surface area contributed by atoms with Gasteiger partial charge in [0.2, 0.25) is 11.2 Å². The standard InChI is InChI=1S/C15H12N2O2/c18-14-12-8-4-5-9-13(12)19-17-15(14)16-10-11-6-2-1-3-7-11/h1-9H,10H2,(H,16,17). The number of benzene rings is 2. The van der Waals surface area contributed by atoms with E-state index in [2.05, 4.69) is 10.5 Å². The average Bonchev–Trinajstić information content (AvgIpc) is 2.48. The third kappa shape index (κ3) is 2.33. The van der Waals surface area contributed by atoms with Crippen LogP contribution in [0.2, 0.25) is 0 Å². The molecule has 0 saturated heterocycles. The summed E-state index contributed by atoms with van der Waals surface area (Å²) >= 11 is 0. The Kier molecular flexibility index (Phi) is 2.98. The van der Waals surface area contributed by atoms with Gasteiger partial charge in [-0.2, -0.15) is 0 Å². The first-order chi connectivity index (χ1) is 9.34. The number of hydrogen-bond donors (Lipinski definition) is 1. The Balaban J connectivity index is 1.90. The molecule has 0 atom stereocenters. The van der Waals surface area contributed by atoms with E-state index in [1.165, 1.54) is 0 Å². The topological polar surface area (TPSA) is 55.1 Å². The summed E-state index contributed by atoms with van der Waals surface area (Å²) in [7, 11) is 0. The zero-order valence-electron chi connectivity index (χ0n) is 10.2. The van der Waals surface area contributed by atoms with Crippen molar-refractivity contribution in [1.82, 2.24) is 5.16 Å². The summed E-state index contributed by atoms with van der Waals surface area (Å²) in [5, 5.41) is 7.36. The molecule has 3 rings (SSSR count). The maximum Gasteiger partial charge on any atom is 0.235 e. The zero-order chi connectivity index (χ0) is 13.1. The van der Waals surface area contributed by atoms with E-state index >= 15 is 0 Å². The molecular weight excluding hydrogens is 240 g/mol. The van der Waals surface area contributed by atoms with Gasteiger partial charge in [-0.25, -0.2) is 0 Å². The van der Waals surface area contributed by atoms with Crippen LogP contribution in [0.5, 0.6) is 0 Å². The van der Waals surface area contributed by atoms with Crippen LogP contribution in [-0.4, -0.2) is 5.16 Å². The van der Waals surface area contributed by atoms with E-state index in [-0.39, 0.29) is 11.2 Å². The summed E-state index contributed by atoms with van der Waals surface area (Å²) in [5.41, 5.74) is 1.44. The lowest BCUT2D eigenvalue weighted by Gasteiger charge is -2.04. The van der Waals surface area contributed by atoms with Crippen LogP contribution in [0.15, 0.2) is 63.9 Å². The molecule has 0 aliphatic rings. The maximum atomic E-state index is 12.2. The second-order valence-electron chi connectivity index (χ2n) is 4.20. The van der Waals surface area contributed by atoms with E-state index in [1.807, 2.05) is 36.4 Å². The normalized spacial score (nSPS) is 10.5. The van der Waals surface area contributed by atoms with Crippen molar-refractivity contribution < 1.29 is 4.52 Å². The third-order valence-electron chi connectivity index (χ3n) is 2.88. The van der Waals surface area contributed by atoms with Gasteiger partial charge in [0.25, 0.3) is 0 Å². The number of nitrogens with one attached hydrogen (secondary N) is 1. The number of anilines is 1. The van der Waals surface area contributed by atoms with E-state index in [0.29, 0.717) is 17.5 Å². The number of aromatic nitrogens is 1. The lowest BCUT2D eigenvalue weighted by atomic mass is 10.2. The molecule has 0 bridgehead atoms. The highest BCUT2D eigenvalue weighted by Crippen LogP contribution is 2.10. The van der Waals surface area contributed by atoms with Gasteiger partial charge in [-0.1, -0.05) is 47.6 Å². The smallest absolute Gasteiger partial charge is 0.235 e. The minimum Gasteiger partial charge on any atom is -0.360 e. The first-order valence-electron chi connectivity index (χ1n) is 6.01. The van der Waals surface area contributed by atoms with Crippen molar-refractivity contribution in [3.63, 3.8) is 0 Å². The molecule has 1 heterocycles. The van der Waals surface area contributed by atoms with Crippen LogP contribution in [0.1, 0.15) is 5.56 Å². The van der Waals surface area contributed by atoms with Crippen LogP contribution in [0.25, 0.3) is 11.0 Å². The van der Waals surface area contributed by atoms with Crippen molar-refractivity contribution in [3.05, 3.63) is 70.4 Å². The van der Waals surface area contributed by atoms with Gasteiger partial charge in [0.15, 0.2) is 5.58 Å². The van der Waals surface area contributed by atoms with Gasteiger partial charge in [0.1, 0.15) is 0 Å². The lowest BCUT2D eigenvalue weighted by Crippen LogP contribution is -2.13. The lowest BCUT2D eigenvalue weighted by molar-refractivity contribution is 0.444. The van der Waals surface area contributed by atoms with E-state index in [4.69, 9.17) is 4.52 Å². The summed E-state index contributed by atoms with van der Waals surface area (Å²) in [6, 6.07) is 16.9. The van der Waals surface area contributed by atoms with E-state index in [0.717, 1.165) is 5.56 Å². The Bertz CT molecular complexity index is 751. The van der Waals surface area contributed by atoms with Crippen LogP contribution >= 0.6 is 0 Å². The number of hydrogen-bond acceptors (Lipinski definition) is 4. The fourth-order valence-corrected chi connectivity index (χ4v) is 1.89.